The highest BCUT2D eigenvalue weighted by Crippen LogP contribution is 2.49. The molecule has 1 fully saturated rings. The maximum atomic E-state index is 12.8. The second-order valence-electron chi connectivity index (χ2n) is 7.70. The number of carboxylic acids is 1. The molecular weight excluding hydrogens is 378 g/mol. The quantitative estimate of drug-likeness (QED) is 0.623. The van der Waals surface area contributed by atoms with Gasteiger partial charge in [-0.15, -0.1) is 0 Å². The minimum atomic E-state index is -0.892. The number of allylic oxidation sites excluding steroid dienone is 1. The minimum Gasteiger partial charge on any atom is -0.492 e. The van der Waals surface area contributed by atoms with E-state index in [2.05, 4.69) is 6.92 Å². The standard InChI is InChI=1S/C22H28ClNO4/c1-2-3-12-28-19-8-7-16(13-18(19)23)22-10-5-4-6-17(22)15-24(20(25)14-22)11-9-21(26)27/h7-8,13,15H,2-6,9-12,14H2,1H3,(H,26,27). The highest BCUT2D eigenvalue weighted by atomic mass is 35.5. The van der Waals surface area contributed by atoms with Gasteiger partial charge in [-0.3, -0.25) is 9.59 Å². The monoisotopic (exact) mass is 405 g/mol. The van der Waals surface area contributed by atoms with E-state index in [1.807, 2.05) is 24.4 Å². The van der Waals surface area contributed by atoms with Gasteiger partial charge in [-0.25, -0.2) is 0 Å². The molecule has 1 atom stereocenters. The van der Waals surface area contributed by atoms with E-state index in [9.17, 15) is 9.59 Å². The summed E-state index contributed by atoms with van der Waals surface area (Å²) < 4.78 is 5.77. The highest BCUT2D eigenvalue weighted by Gasteiger charge is 2.44. The van der Waals surface area contributed by atoms with Gasteiger partial charge in [0.1, 0.15) is 5.75 Å². The molecule has 3 rings (SSSR count). The molecule has 0 saturated heterocycles. The summed E-state index contributed by atoms with van der Waals surface area (Å²) in [6.07, 6.45) is 8.24. The van der Waals surface area contributed by atoms with Gasteiger partial charge in [0.15, 0.2) is 0 Å². The van der Waals surface area contributed by atoms with E-state index >= 15 is 0 Å². The normalized spacial score (nSPS) is 21.9. The van der Waals surface area contributed by atoms with Crippen molar-refractivity contribution in [2.45, 2.75) is 63.7 Å². The summed E-state index contributed by atoms with van der Waals surface area (Å²) in [4.78, 5) is 25.3. The van der Waals surface area contributed by atoms with Gasteiger partial charge in [0.05, 0.1) is 18.1 Å². The van der Waals surface area contributed by atoms with E-state index in [1.54, 1.807) is 4.90 Å². The number of carbonyl (C=O) groups excluding carboxylic acids is 1. The number of hydrogen-bond acceptors (Lipinski definition) is 3. The summed E-state index contributed by atoms with van der Waals surface area (Å²) in [6.45, 7) is 2.98. The average Bonchev–Trinajstić information content (AvgIpc) is 2.67. The molecule has 1 N–H and O–H groups in total. The van der Waals surface area contributed by atoms with Crippen molar-refractivity contribution in [1.29, 1.82) is 0 Å². The van der Waals surface area contributed by atoms with Crippen LogP contribution in [0.1, 0.15) is 63.9 Å². The van der Waals surface area contributed by atoms with Crippen LogP contribution in [0.2, 0.25) is 5.02 Å². The molecule has 1 aromatic carbocycles. The van der Waals surface area contributed by atoms with Gasteiger partial charge in [0, 0.05) is 24.6 Å². The fraction of sp³-hybridized carbons (Fsp3) is 0.545. The smallest absolute Gasteiger partial charge is 0.305 e. The van der Waals surface area contributed by atoms with Crippen molar-refractivity contribution in [2.24, 2.45) is 0 Å². The van der Waals surface area contributed by atoms with Crippen LogP contribution in [-0.4, -0.2) is 35.0 Å². The number of unbranched alkanes of at least 4 members (excludes halogenated alkanes) is 1. The minimum absolute atomic E-state index is 0.0219. The first-order valence-electron chi connectivity index (χ1n) is 10.1. The van der Waals surface area contributed by atoms with Crippen LogP contribution >= 0.6 is 11.6 Å². The van der Waals surface area contributed by atoms with Crippen molar-refractivity contribution < 1.29 is 19.4 Å². The van der Waals surface area contributed by atoms with Crippen LogP contribution in [-0.2, 0) is 15.0 Å². The lowest BCUT2D eigenvalue weighted by Crippen LogP contribution is -2.44. The van der Waals surface area contributed by atoms with Crippen LogP contribution in [0.25, 0.3) is 0 Å². The van der Waals surface area contributed by atoms with Crippen molar-refractivity contribution in [2.75, 3.05) is 13.2 Å². The maximum Gasteiger partial charge on any atom is 0.305 e. The summed E-state index contributed by atoms with van der Waals surface area (Å²) in [5, 5.41) is 9.52. The molecule has 1 saturated carbocycles. The number of carbonyl (C=O) groups is 2. The van der Waals surface area contributed by atoms with Gasteiger partial charge in [0.25, 0.3) is 0 Å². The topological polar surface area (TPSA) is 66.8 Å². The molecule has 1 heterocycles. The summed E-state index contributed by atoms with van der Waals surface area (Å²) in [5.74, 6) is -0.231. The van der Waals surface area contributed by atoms with Gasteiger partial charge in [-0.2, -0.15) is 0 Å². The van der Waals surface area contributed by atoms with Gasteiger partial charge < -0.3 is 14.7 Å². The Morgan fingerprint density at radius 1 is 1.36 bits per heavy atom. The molecule has 5 nitrogen and oxygen atoms in total. The lowest BCUT2D eigenvalue weighted by atomic mass is 9.63. The number of ether oxygens (including phenoxy) is 1. The largest absolute Gasteiger partial charge is 0.492 e. The third-order valence-electron chi connectivity index (χ3n) is 5.81. The number of benzene rings is 1. The molecular formula is C22H28ClNO4. The molecule has 28 heavy (non-hydrogen) atoms. The summed E-state index contributed by atoms with van der Waals surface area (Å²) >= 11 is 6.50. The molecule has 1 aliphatic heterocycles. The van der Waals surface area contributed by atoms with E-state index < -0.39 is 5.97 Å². The molecule has 1 unspecified atom stereocenters. The van der Waals surface area contributed by atoms with Crippen molar-refractivity contribution in [3.05, 3.63) is 40.6 Å². The van der Waals surface area contributed by atoms with E-state index in [1.165, 1.54) is 5.57 Å². The highest BCUT2D eigenvalue weighted by molar-refractivity contribution is 6.32. The fourth-order valence-corrected chi connectivity index (χ4v) is 4.47. The van der Waals surface area contributed by atoms with E-state index in [4.69, 9.17) is 21.4 Å². The van der Waals surface area contributed by atoms with Crippen molar-refractivity contribution in [3.8, 4) is 5.75 Å². The lowest BCUT2D eigenvalue weighted by Gasteiger charge is -2.45. The van der Waals surface area contributed by atoms with Crippen LogP contribution in [0, 0.1) is 0 Å². The van der Waals surface area contributed by atoms with Gasteiger partial charge >= 0.3 is 5.97 Å². The molecule has 1 aromatic rings. The Morgan fingerprint density at radius 3 is 2.89 bits per heavy atom. The molecule has 152 valence electrons. The van der Waals surface area contributed by atoms with Crippen LogP contribution < -0.4 is 4.74 Å². The first-order valence-corrected chi connectivity index (χ1v) is 10.5. The third kappa shape index (κ3) is 4.35. The van der Waals surface area contributed by atoms with Crippen LogP contribution in [0.15, 0.2) is 30.0 Å². The van der Waals surface area contributed by atoms with E-state index in [0.29, 0.717) is 23.8 Å². The van der Waals surface area contributed by atoms with Gasteiger partial charge in [-0.1, -0.05) is 37.4 Å². The number of carboxylic acid groups (broad SMARTS) is 1. The van der Waals surface area contributed by atoms with Crippen molar-refractivity contribution in [3.63, 3.8) is 0 Å². The third-order valence-corrected chi connectivity index (χ3v) is 6.10. The predicted molar refractivity (Wildman–Crippen MR) is 109 cm³/mol. The molecule has 1 amide bonds. The number of rotatable bonds is 8. The number of amides is 1. The SMILES string of the molecule is CCCCOc1ccc(C23CCCCC2=CN(CCC(=O)O)C(=O)C3)cc1Cl. The maximum absolute atomic E-state index is 12.8. The van der Waals surface area contributed by atoms with Gasteiger partial charge in [0.2, 0.25) is 5.91 Å². The zero-order valence-electron chi connectivity index (χ0n) is 16.4. The second kappa shape index (κ2) is 8.99. The Labute approximate surface area is 171 Å². The number of aliphatic carboxylic acids is 1. The zero-order chi connectivity index (χ0) is 20.1. The van der Waals surface area contributed by atoms with Crippen LogP contribution in [0.4, 0.5) is 0 Å². The Bertz CT molecular complexity index is 776. The summed E-state index contributed by atoms with van der Waals surface area (Å²) in [6, 6.07) is 5.89. The predicted octanol–water partition coefficient (Wildman–Crippen LogP) is 4.92. The number of fused-ring (bicyclic) bond motifs is 1. The van der Waals surface area contributed by atoms with Crippen molar-refractivity contribution >= 4 is 23.5 Å². The lowest BCUT2D eigenvalue weighted by molar-refractivity contribution is -0.138. The Balaban J connectivity index is 1.88. The Morgan fingerprint density at radius 2 is 2.18 bits per heavy atom. The second-order valence-corrected chi connectivity index (χ2v) is 8.11. The van der Waals surface area contributed by atoms with Crippen LogP contribution in [0.3, 0.4) is 0 Å². The molecule has 0 aromatic heterocycles. The van der Waals surface area contributed by atoms with E-state index in [0.717, 1.165) is 44.1 Å². The number of halogens is 1. The summed E-state index contributed by atoms with van der Waals surface area (Å²) in [7, 11) is 0. The molecule has 6 heteroatoms. The Kier molecular flexibility index (Phi) is 6.65. The summed E-state index contributed by atoms with van der Waals surface area (Å²) in [5.41, 5.74) is 1.93. The van der Waals surface area contributed by atoms with E-state index in [-0.39, 0.29) is 24.3 Å². The average molecular weight is 406 g/mol. The molecule has 2 aliphatic rings. The zero-order valence-corrected chi connectivity index (χ0v) is 17.1. The number of hydrogen-bond donors (Lipinski definition) is 1. The fourth-order valence-electron chi connectivity index (χ4n) is 4.23. The molecule has 0 bridgehead atoms. The van der Waals surface area contributed by atoms with Crippen LogP contribution in [0.5, 0.6) is 5.75 Å². The first-order chi connectivity index (χ1) is 13.5. The molecule has 1 aliphatic carbocycles. The Hall–Kier alpha value is -2.01. The molecule has 0 spiro atoms. The van der Waals surface area contributed by atoms with Crippen molar-refractivity contribution in [1.82, 2.24) is 4.90 Å². The van der Waals surface area contributed by atoms with Gasteiger partial charge in [-0.05, 0) is 49.0 Å². The first kappa shape index (κ1) is 20.7. The number of nitrogens with zero attached hydrogens (tertiary/aromatic N) is 1. The molecule has 0 radical (unpaired) electrons.